The Morgan fingerprint density at radius 2 is 1.68 bits per heavy atom. The van der Waals surface area contributed by atoms with Gasteiger partial charge in [-0.15, -0.1) is 24.8 Å². The van der Waals surface area contributed by atoms with Crippen LogP contribution in [-0.2, 0) is 16.1 Å². The van der Waals surface area contributed by atoms with E-state index in [4.69, 9.17) is 10.5 Å². The Morgan fingerprint density at radius 1 is 1.04 bits per heavy atom. The lowest BCUT2D eigenvalue weighted by Gasteiger charge is -2.27. The van der Waals surface area contributed by atoms with Crippen LogP contribution in [0.25, 0.3) is 0 Å². The van der Waals surface area contributed by atoms with Gasteiger partial charge in [-0.2, -0.15) is 0 Å². The molecule has 0 bridgehead atoms. The van der Waals surface area contributed by atoms with Gasteiger partial charge in [0.1, 0.15) is 0 Å². The first kappa shape index (κ1) is 24.2. The van der Waals surface area contributed by atoms with Gasteiger partial charge in [-0.25, -0.2) is 0 Å². The lowest BCUT2D eigenvalue weighted by molar-refractivity contribution is -0.120. The minimum Gasteiger partial charge on any atom is -0.380 e. The number of hydrogen-bond donors (Lipinski definition) is 1. The number of benzene rings is 2. The first-order chi connectivity index (χ1) is 12.7. The highest BCUT2D eigenvalue weighted by atomic mass is 35.5. The molecule has 1 unspecified atom stereocenters. The maximum absolute atomic E-state index is 12.9. The molecule has 28 heavy (non-hydrogen) atoms. The molecule has 2 aromatic rings. The number of para-hydroxylation sites is 2. The molecule has 154 valence electrons. The van der Waals surface area contributed by atoms with Crippen molar-refractivity contribution in [1.82, 2.24) is 0 Å². The number of nitrogens with zero attached hydrogens (tertiary/aromatic N) is 2. The average Bonchev–Trinajstić information content (AvgIpc) is 2.87. The predicted octanol–water partition coefficient (Wildman–Crippen LogP) is 3.64. The fourth-order valence-electron chi connectivity index (χ4n) is 3.42. The molecule has 0 saturated carbocycles. The Balaban J connectivity index is 0.00000196. The maximum Gasteiger partial charge on any atom is 0.229 e. The van der Waals surface area contributed by atoms with Crippen LogP contribution in [0.2, 0.25) is 0 Å². The summed E-state index contributed by atoms with van der Waals surface area (Å²) >= 11 is 0. The molecule has 1 aliphatic rings. The van der Waals surface area contributed by atoms with Gasteiger partial charge in [0, 0.05) is 33.3 Å². The quantitative estimate of drug-likeness (QED) is 0.767. The van der Waals surface area contributed by atoms with Gasteiger partial charge in [-0.1, -0.05) is 42.5 Å². The van der Waals surface area contributed by atoms with Crippen molar-refractivity contribution < 1.29 is 9.53 Å². The van der Waals surface area contributed by atoms with Crippen LogP contribution in [0.5, 0.6) is 0 Å². The van der Waals surface area contributed by atoms with Crippen molar-refractivity contribution in [1.29, 1.82) is 0 Å². The number of hydrogen-bond acceptors (Lipinski definition) is 4. The fourth-order valence-corrected chi connectivity index (χ4v) is 3.42. The molecule has 0 spiro atoms. The first-order valence-electron chi connectivity index (χ1n) is 9.14. The third-order valence-corrected chi connectivity index (χ3v) is 4.84. The highest BCUT2D eigenvalue weighted by molar-refractivity contribution is 5.97. The highest BCUT2D eigenvalue weighted by Crippen LogP contribution is 2.33. The standard InChI is InChI=1S/C21H27N3O2.2ClH/c1-26-18(15-22)14-21(25)24-13-7-12-23(16-17-8-3-2-4-9-17)19-10-5-6-11-20(19)24;;/h2-6,8-11,18H,7,12-16,22H2,1H3;2*1H. The van der Waals surface area contributed by atoms with Crippen LogP contribution in [-0.4, -0.2) is 38.8 Å². The second kappa shape index (κ2) is 11.9. The van der Waals surface area contributed by atoms with Crippen molar-refractivity contribution in [2.24, 2.45) is 5.73 Å². The van der Waals surface area contributed by atoms with Gasteiger partial charge < -0.3 is 20.3 Å². The summed E-state index contributed by atoms with van der Waals surface area (Å²) in [6.07, 6.45) is 0.992. The van der Waals surface area contributed by atoms with E-state index in [1.54, 1.807) is 7.11 Å². The number of rotatable bonds is 6. The van der Waals surface area contributed by atoms with Crippen molar-refractivity contribution >= 4 is 42.1 Å². The maximum atomic E-state index is 12.9. The summed E-state index contributed by atoms with van der Waals surface area (Å²) in [4.78, 5) is 17.1. The summed E-state index contributed by atoms with van der Waals surface area (Å²) in [6.45, 7) is 2.81. The summed E-state index contributed by atoms with van der Waals surface area (Å²) < 4.78 is 5.30. The number of fused-ring (bicyclic) bond motifs is 1. The van der Waals surface area contributed by atoms with Crippen molar-refractivity contribution in [2.75, 3.05) is 36.5 Å². The Kier molecular flexibility index (Phi) is 10.3. The summed E-state index contributed by atoms with van der Waals surface area (Å²) in [5, 5.41) is 0. The zero-order valence-electron chi connectivity index (χ0n) is 16.1. The molecule has 2 N–H and O–H groups in total. The molecular weight excluding hydrogens is 397 g/mol. The smallest absolute Gasteiger partial charge is 0.229 e. The topological polar surface area (TPSA) is 58.8 Å². The monoisotopic (exact) mass is 425 g/mol. The number of halogens is 2. The zero-order valence-corrected chi connectivity index (χ0v) is 17.8. The van der Waals surface area contributed by atoms with E-state index in [2.05, 4.69) is 35.2 Å². The number of ether oxygens (including phenoxy) is 1. The van der Waals surface area contributed by atoms with Gasteiger partial charge >= 0.3 is 0 Å². The van der Waals surface area contributed by atoms with Crippen molar-refractivity contribution in [3.05, 3.63) is 60.2 Å². The van der Waals surface area contributed by atoms with Gasteiger partial charge in [0.2, 0.25) is 5.91 Å². The Hall–Kier alpha value is -1.79. The molecule has 0 radical (unpaired) electrons. The van der Waals surface area contributed by atoms with Crippen LogP contribution in [0.1, 0.15) is 18.4 Å². The minimum absolute atomic E-state index is 0. The Morgan fingerprint density at radius 3 is 2.32 bits per heavy atom. The van der Waals surface area contributed by atoms with E-state index in [9.17, 15) is 4.79 Å². The lowest BCUT2D eigenvalue weighted by atomic mass is 10.1. The minimum atomic E-state index is -0.238. The van der Waals surface area contributed by atoms with Gasteiger partial charge in [-0.05, 0) is 24.1 Å². The van der Waals surface area contributed by atoms with E-state index in [0.717, 1.165) is 30.9 Å². The first-order valence-corrected chi connectivity index (χ1v) is 9.14. The van der Waals surface area contributed by atoms with Crippen LogP contribution in [0, 0.1) is 0 Å². The van der Waals surface area contributed by atoms with E-state index >= 15 is 0 Å². The lowest BCUT2D eigenvalue weighted by Crippen LogP contribution is -2.36. The summed E-state index contributed by atoms with van der Waals surface area (Å²) in [6, 6.07) is 18.6. The SMILES string of the molecule is COC(CN)CC(=O)N1CCCN(Cc2ccccc2)c2ccccc21.Cl.Cl. The molecule has 7 heteroatoms. The van der Waals surface area contributed by atoms with Crippen LogP contribution in [0.15, 0.2) is 54.6 Å². The molecule has 0 aromatic heterocycles. The highest BCUT2D eigenvalue weighted by Gasteiger charge is 2.26. The largest absolute Gasteiger partial charge is 0.380 e. The molecule has 3 rings (SSSR count). The second-order valence-electron chi connectivity index (χ2n) is 6.59. The summed E-state index contributed by atoms with van der Waals surface area (Å²) in [7, 11) is 1.60. The van der Waals surface area contributed by atoms with Crippen molar-refractivity contribution in [2.45, 2.75) is 25.5 Å². The predicted molar refractivity (Wildman–Crippen MR) is 120 cm³/mol. The molecule has 0 fully saturated rings. The molecule has 2 aromatic carbocycles. The molecule has 1 atom stereocenters. The van der Waals surface area contributed by atoms with Gasteiger partial charge in [0.25, 0.3) is 0 Å². The van der Waals surface area contributed by atoms with Gasteiger partial charge in [0.05, 0.1) is 23.9 Å². The fraction of sp³-hybridized carbons (Fsp3) is 0.381. The number of carbonyl (C=O) groups excluding carboxylic acids is 1. The average molecular weight is 426 g/mol. The third kappa shape index (κ3) is 5.85. The van der Waals surface area contributed by atoms with Crippen molar-refractivity contribution in [3.63, 3.8) is 0 Å². The Bertz CT molecular complexity index is 727. The molecule has 1 heterocycles. The number of nitrogens with two attached hydrogens (primary N) is 1. The summed E-state index contributed by atoms with van der Waals surface area (Å²) in [5.74, 6) is 0.0660. The molecule has 1 amide bonds. The van der Waals surface area contributed by atoms with Crippen LogP contribution < -0.4 is 15.5 Å². The molecule has 1 aliphatic heterocycles. The summed E-state index contributed by atoms with van der Waals surface area (Å²) in [5.41, 5.74) is 9.03. The van der Waals surface area contributed by atoms with Crippen molar-refractivity contribution in [3.8, 4) is 0 Å². The number of methoxy groups -OCH3 is 1. The number of carbonyl (C=O) groups is 1. The third-order valence-electron chi connectivity index (χ3n) is 4.84. The number of amides is 1. The van der Waals surface area contributed by atoms with Gasteiger partial charge in [-0.3, -0.25) is 4.79 Å². The number of anilines is 2. The Labute approximate surface area is 179 Å². The second-order valence-corrected chi connectivity index (χ2v) is 6.59. The van der Waals surface area contributed by atoms with E-state index in [-0.39, 0.29) is 36.8 Å². The molecule has 0 aliphatic carbocycles. The van der Waals surface area contributed by atoms with E-state index < -0.39 is 0 Å². The molecular formula is C21H29Cl2N3O2. The van der Waals surface area contributed by atoms with Crippen LogP contribution in [0.4, 0.5) is 11.4 Å². The van der Waals surface area contributed by atoms with Crippen LogP contribution >= 0.6 is 24.8 Å². The van der Waals surface area contributed by atoms with Gasteiger partial charge in [0.15, 0.2) is 0 Å². The van der Waals surface area contributed by atoms with E-state index in [1.807, 2.05) is 29.2 Å². The molecule has 5 nitrogen and oxygen atoms in total. The normalized spacial score (nSPS) is 14.2. The van der Waals surface area contributed by atoms with E-state index in [0.29, 0.717) is 19.5 Å². The zero-order chi connectivity index (χ0) is 18.4. The van der Waals surface area contributed by atoms with Crippen LogP contribution in [0.3, 0.4) is 0 Å². The van der Waals surface area contributed by atoms with E-state index in [1.165, 1.54) is 5.56 Å². The molecule has 0 saturated heterocycles.